The van der Waals surface area contributed by atoms with Crippen LogP contribution in [0.2, 0.25) is 5.02 Å². The van der Waals surface area contributed by atoms with E-state index in [-0.39, 0.29) is 12.7 Å². The van der Waals surface area contributed by atoms with Gasteiger partial charge in [-0.25, -0.2) is 4.79 Å². The fraction of sp³-hybridized carbons (Fsp3) is 0.417. The molecule has 0 aliphatic carbocycles. The van der Waals surface area contributed by atoms with Crippen molar-refractivity contribution in [2.75, 3.05) is 26.6 Å². The maximum Gasteiger partial charge on any atom is 0.354 e. The van der Waals surface area contributed by atoms with E-state index < -0.39 is 5.97 Å². The van der Waals surface area contributed by atoms with Crippen LogP contribution in [0.25, 0.3) is 22.0 Å². The third kappa shape index (κ3) is 4.33. The zero-order chi connectivity index (χ0) is 24.3. The van der Waals surface area contributed by atoms with E-state index in [0.717, 1.165) is 39.0 Å². The molecule has 1 unspecified atom stereocenters. The molecule has 0 radical (unpaired) electrons. The molecule has 1 aromatic carbocycles. The summed E-state index contributed by atoms with van der Waals surface area (Å²) in [5.74, 6) is -0.422. The molecule has 2 aromatic heterocycles. The van der Waals surface area contributed by atoms with E-state index in [1.54, 1.807) is 12.3 Å². The summed E-state index contributed by atoms with van der Waals surface area (Å²) in [5, 5.41) is 15.6. The number of rotatable bonds is 6. The molecule has 0 amide bonds. The molecule has 0 bridgehead atoms. The van der Waals surface area contributed by atoms with Crippen LogP contribution < -0.4 is 0 Å². The number of benzene rings is 1. The lowest BCUT2D eigenvalue weighted by atomic mass is 9.95. The third-order valence-corrected chi connectivity index (χ3v) is 6.16. The molecular weight excluding hydrogens is 462 g/mol. The van der Waals surface area contributed by atoms with Gasteiger partial charge in [0, 0.05) is 40.2 Å². The number of carbonyl (C=O) groups excluding carboxylic acids is 1. The lowest BCUT2D eigenvalue weighted by molar-refractivity contribution is 0.0475. The smallest absolute Gasteiger partial charge is 0.354 e. The molecule has 1 aliphatic heterocycles. The largest absolute Gasteiger partial charge is 0.464 e. The molecule has 1 atom stereocenters. The van der Waals surface area contributed by atoms with E-state index in [4.69, 9.17) is 26.2 Å². The number of hydrogen-bond acceptors (Lipinski definition) is 6. The summed E-state index contributed by atoms with van der Waals surface area (Å²) < 4.78 is 14.8. The zero-order valence-corrected chi connectivity index (χ0v) is 21.0. The van der Waals surface area contributed by atoms with Gasteiger partial charge >= 0.3 is 5.97 Å². The summed E-state index contributed by atoms with van der Waals surface area (Å²) in [6.45, 7) is 9.50. The number of nitrogens with zero attached hydrogens (tertiary/aromatic N) is 3. The van der Waals surface area contributed by atoms with Gasteiger partial charge in [-0.3, -0.25) is 4.68 Å². The Morgan fingerprint density at radius 3 is 2.76 bits per heavy atom. The lowest BCUT2D eigenvalue weighted by Gasteiger charge is -2.23. The highest BCUT2D eigenvalue weighted by Crippen LogP contribution is 2.45. The first kappa shape index (κ1) is 25.4. The maximum atomic E-state index is 12.7. The predicted molar refractivity (Wildman–Crippen MR) is 134 cm³/mol. The van der Waals surface area contributed by atoms with Gasteiger partial charge in [0.1, 0.15) is 11.8 Å². The van der Waals surface area contributed by atoms with E-state index in [9.17, 15) is 9.90 Å². The summed E-state index contributed by atoms with van der Waals surface area (Å²) >= 11 is 10.3. The minimum Gasteiger partial charge on any atom is -0.464 e. The number of aliphatic hydroxyl groups excluding tert-OH is 1. The highest BCUT2D eigenvalue weighted by Gasteiger charge is 2.31. The van der Waals surface area contributed by atoms with Crippen LogP contribution in [-0.2, 0) is 22.6 Å². The van der Waals surface area contributed by atoms with Crippen LogP contribution in [0, 0.1) is 13.8 Å². The number of halogens is 1. The number of carbonyl (C=O) groups is 1. The van der Waals surface area contributed by atoms with Crippen molar-refractivity contribution in [2.45, 2.75) is 39.5 Å². The molecular formula is C24H30ClN3O4S. The van der Waals surface area contributed by atoms with Crippen molar-refractivity contribution < 1.29 is 19.4 Å². The van der Waals surface area contributed by atoms with Gasteiger partial charge in [-0.15, -0.1) is 6.58 Å². The third-order valence-electron chi connectivity index (χ3n) is 5.84. The van der Waals surface area contributed by atoms with Gasteiger partial charge in [0.25, 0.3) is 0 Å². The molecule has 0 saturated heterocycles. The van der Waals surface area contributed by atoms with Gasteiger partial charge in [-0.2, -0.15) is 17.7 Å². The number of aromatic nitrogens is 3. The van der Waals surface area contributed by atoms with Gasteiger partial charge < -0.3 is 19.1 Å². The maximum absolute atomic E-state index is 12.7. The average molecular weight is 492 g/mol. The van der Waals surface area contributed by atoms with Crippen molar-refractivity contribution in [3.05, 3.63) is 52.5 Å². The second kappa shape index (κ2) is 10.8. The number of thiol groups is 1. The summed E-state index contributed by atoms with van der Waals surface area (Å²) in [5.41, 5.74) is 5.57. The summed E-state index contributed by atoms with van der Waals surface area (Å²) in [7, 11) is 1.37. The standard InChI is InChI=1S/C23H26ClN3O4.CH4S/c1-5-17-22-19(14(3)25-27(22)10-12-31-17)20-15(24)7-8-16-18(20)13(2)21(23(29)30-4)26(16)9-6-11-28;1-2/h5,7-8,17,28H,1,6,9-12H2,2-4H3;2H,1H3. The number of fused-ring (bicyclic) bond motifs is 2. The fourth-order valence-electron chi connectivity index (χ4n) is 4.57. The molecule has 7 nitrogen and oxygen atoms in total. The fourth-order valence-corrected chi connectivity index (χ4v) is 4.82. The number of methoxy groups -OCH3 is 1. The quantitative estimate of drug-likeness (QED) is 0.295. The van der Waals surface area contributed by atoms with Crippen LogP contribution in [-0.4, -0.2) is 52.0 Å². The number of hydrogen-bond donors (Lipinski definition) is 2. The highest BCUT2D eigenvalue weighted by atomic mass is 35.5. The Balaban J connectivity index is 0.00000149. The summed E-state index contributed by atoms with van der Waals surface area (Å²) in [6, 6.07) is 3.75. The zero-order valence-electron chi connectivity index (χ0n) is 19.4. The van der Waals surface area contributed by atoms with Crippen molar-refractivity contribution in [3.63, 3.8) is 0 Å². The van der Waals surface area contributed by atoms with Gasteiger partial charge in [-0.1, -0.05) is 17.7 Å². The Morgan fingerprint density at radius 1 is 1.39 bits per heavy atom. The lowest BCUT2D eigenvalue weighted by Crippen LogP contribution is -2.21. The van der Waals surface area contributed by atoms with E-state index >= 15 is 0 Å². The van der Waals surface area contributed by atoms with Crippen molar-refractivity contribution >= 4 is 41.1 Å². The highest BCUT2D eigenvalue weighted by molar-refractivity contribution is 7.79. The molecule has 1 N–H and O–H groups in total. The van der Waals surface area contributed by atoms with Crippen LogP contribution in [0.4, 0.5) is 0 Å². The topological polar surface area (TPSA) is 78.5 Å². The Labute approximate surface area is 204 Å². The molecule has 9 heteroatoms. The molecule has 4 rings (SSSR count). The van der Waals surface area contributed by atoms with Gasteiger partial charge in [-0.05, 0) is 44.2 Å². The number of esters is 1. The normalized spacial score (nSPS) is 15.1. The molecule has 178 valence electrons. The van der Waals surface area contributed by atoms with Crippen LogP contribution >= 0.6 is 24.2 Å². The first-order valence-electron chi connectivity index (χ1n) is 10.7. The molecule has 0 saturated carbocycles. The van der Waals surface area contributed by atoms with Crippen molar-refractivity contribution in [1.29, 1.82) is 0 Å². The summed E-state index contributed by atoms with van der Waals surface area (Å²) in [6.07, 6.45) is 3.68. The number of aryl methyl sites for hydroxylation is 3. The molecule has 3 heterocycles. The van der Waals surface area contributed by atoms with Crippen LogP contribution in [0.3, 0.4) is 0 Å². The minimum atomic E-state index is -0.422. The number of ether oxygens (including phenoxy) is 2. The Kier molecular flexibility index (Phi) is 8.28. The van der Waals surface area contributed by atoms with E-state index in [0.29, 0.717) is 36.8 Å². The second-order valence-electron chi connectivity index (χ2n) is 7.61. The number of aliphatic hydroxyl groups is 1. The van der Waals surface area contributed by atoms with Crippen LogP contribution in [0.5, 0.6) is 0 Å². The first-order chi connectivity index (χ1) is 15.9. The van der Waals surface area contributed by atoms with Crippen molar-refractivity contribution in [1.82, 2.24) is 14.3 Å². The molecule has 1 aliphatic rings. The van der Waals surface area contributed by atoms with E-state index in [1.165, 1.54) is 7.11 Å². The van der Waals surface area contributed by atoms with Crippen LogP contribution in [0.1, 0.15) is 40.0 Å². The molecule has 0 fully saturated rings. The Hall–Kier alpha value is -2.26. The van der Waals surface area contributed by atoms with Crippen molar-refractivity contribution in [2.24, 2.45) is 0 Å². The second-order valence-corrected chi connectivity index (χ2v) is 8.01. The van der Waals surface area contributed by atoms with Gasteiger partial charge in [0.05, 0.1) is 31.6 Å². The minimum absolute atomic E-state index is 0.0220. The van der Waals surface area contributed by atoms with Crippen molar-refractivity contribution in [3.8, 4) is 11.1 Å². The SMILES string of the molecule is C=CC1OCCn2nc(C)c(-c3c(Cl)ccc4c3c(C)c(C(=O)OC)n4CCCO)c21.CS. The van der Waals surface area contributed by atoms with E-state index in [2.05, 4.69) is 19.2 Å². The first-order valence-corrected chi connectivity index (χ1v) is 12.0. The molecule has 0 spiro atoms. The van der Waals surface area contributed by atoms with Crippen LogP contribution in [0.15, 0.2) is 24.8 Å². The van der Waals surface area contributed by atoms with Gasteiger partial charge in [0.2, 0.25) is 0 Å². The Bertz CT molecular complexity index is 1180. The summed E-state index contributed by atoms with van der Waals surface area (Å²) in [4.78, 5) is 12.7. The average Bonchev–Trinajstić information content (AvgIpc) is 3.31. The monoisotopic (exact) mass is 491 g/mol. The predicted octanol–water partition coefficient (Wildman–Crippen LogP) is 4.75. The molecule has 3 aromatic rings. The van der Waals surface area contributed by atoms with Gasteiger partial charge in [0.15, 0.2) is 0 Å². The Morgan fingerprint density at radius 2 is 2.12 bits per heavy atom. The van der Waals surface area contributed by atoms with E-state index in [1.807, 2.05) is 35.2 Å². The molecule has 33 heavy (non-hydrogen) atoms.